The molecule has 0 aliphatic carbocycles. The van der Waals surface area contributed by atoms with E-state index in [9.17, 15) is 43.9 Å². The minimum Gasteiger partial charge on any atom is -0.203 e. The lowest BCUT2D eigenvalue weighted by Crippen LogP contribution is -2.11. The lowest BCUT2D eigenvalue weighted by molar-refractivity contribution is 0.369. The quantitative estimate of drug-likeness (QED) is 0.169. The summed E-state index contributed by atoms with van der Waals surface area (Å²) in [5, 5.41) is -2.73. The van der Waals surface area contributed by atoms with Crippen molar-refractivity contribution < 1.29 is 43.9 Å². The molecule has 0 radical (unpaired) electrons. The van der Waals surface area contributed by atoms with Gasteiger partial charge in [0.05, 0.1) is 0 Å². The molecule has 12 heteroatoms. The largest absolute Gasteiger partial charge is 0.203 e. The van der Waals surface area contributed by atoms with Gasteiger partial charge in [0.15, 0.2) is 46.5 Å². The lowest BCUT2D eigenvalue weighted by Gasteiger charge is -2.21. The average molecular weight is 482 g/mol. The van der Waals surface area contributed by atoms with Crippen LogP contribution in [-0.2, 0) is 0 Å². The molecule has 0 N–H and O–H groups in total. The van der Waals surface area contributed by atoms with Crippen LogP contribution in [-0.4, -0.2) is 0 Å². The van der Waals surface area contributed by atoms with Gasteiger partial charge in [0.2, 0.25) is 11.6 Å². The summed E-state index contributed by atoms with van der Waals surface area (Å²) < 4.78 is 136. The molecule has 2 unspecified atom stereocenters. The smallest absolute Gasteiger partial charge is 0.200 e. The molecular formula is C18H12F10S2. The average Bonchev–Trinajstić information content (AvgIpc) is 2.74. The monoisotopic (exact) mass is 482 g/mol. The van der Waals surface area contributed by atoms with Gasteiger partial charge in [-0.15, -0.1) is 0 Å². The number of hydrogen-bond donors (Lipinski definition) is 0. The Balaban J connectivity index is 2.42. The van der Waals surface area contributed by atoms with Crippen molar-refractivity contribution in [2.45, 2.75) is 37.2 Å². The van der Waals surface area contributed by atoms with Crippen molar-refractivity contribution in [2.75, 3.05) is 0 Å². The molecule has 0 bridgehead atoms. The van der Waals surface area contributed by atoms with E-state index in [2.05, 4.69) is 0 Å². The fourth-order valence-corrected chi connectivity index (χ4v) is 5.93. The first kappa shape index (κ1) is 24.7. The van der Waals surface area contributed by atoms with Gasteiger partial charge in [0, 0.05) is 21.6 Å². The molecule has 0 saturated carbocycles. The zero-order chi connectivity index (χ0) is 22.9. The maximum Gasteiger partial charge on any atom is 0.200 e. The normalized spacial score (nSPS) is 13.6. The zero-order valence-corrected chi connectivity index (χ0v) is 16.8. The maximum absolute atomic E-state index is 14.0. The zero-order valence-electron chi connectivity index (χ0n) is 15.2. The first-order valence-corrected chi connectivity index (χ1v) is 10.6. The third-order valence-electron chi connectivity index (χ3n) is 4.16. The molecule has 0 nitrogen and oxygen atoms in total. The van der Waals surface area contributed by atoms with Crippen molar-refractivity contribution in [2.24, 2.45) is 0 Å². The Bertz CT molecular complexity index is 827. The summed E-state index contributed by atoms with van der Waals surface area (Å²) in [5.74, 6) is -21.5. The Morgan fingerprint density at radius 1 is 0.433 bits per heavy atom. The third kappa shape index (κ3) is 4.25. The summed E-state index contributed by atoms with van der Waals surface area (Å²) in [7, 11) is 0.992. The summed E-state index contributed by atoms with van der Waals surface area (Å²) in [5.41, 5.74) is -2.28. The minimum atomic E-state index is -2.34. The Morgan fingerprint density at radius 3 is 0.833 bits per heavy atom. The van der Waals surface area contributed by atoms with E-state index in [1.807, 2.05) is 0 Å². The van der Waals surface area contributed by atoms with Crippen molar-refractivity contribution in [3.8, 4) is 0 Å². The van der Waals surface area contributed by atoms with Crippen LogP contribution in [0, 0.1) is 58.2 Å². The first-order chi connectivity index (χ1) is 14.0. The molecule has 30 heavy (non-hydrogen) atoms. The highest BCUT2D eigenvalue weighted by atomic mass is 33.1. The SMILES string of the molecule is CCC(SSC(CC)c1c(F)c(F)c(F)c(F)c1F)c1c(F)c(F)c(F)c(F)c1F. The molecule has 0 aliphatic heterocycles. The summed E-state index contributed by atoms with van der Waals surface area (Å²) >= 11 is 0. The van der Waals surface area contributed by atoms with Crippen LogP contribution in [0.3, 0.4) is 0 Å². The van der Waals surface area contributed by atoms with E-state index in [0.29, 0.717) is 21.6 Å². The number of benzene rings is 2. The minimum absolute atomic E-state index is 0.163. The third-order valence-corrected chi connectivity index (χ3v) is 7.60. The van der Waals surface area contributed by atoms with E-state index in [4.69, 9.17) is 0 Å². The van der Waals surface area contributed by atoms with Gasteiger partial charge in [-0.05, 0) is 12.8 Å². The van der Waals surface area contributed by atoms with E-state index in [1.54, 1.807) is 0 Å². The van der Waals surface area contributed by atoms with Crippen LogP contribution in [0.1, 0.15) is 48.3 Å². The highest BCUT2D eigenvalue weighted by molar-refractivity contribution is 8.76. The standard InChI is InChI=1S/C18H12F10S2/c1-3-5(7-9(19)13(23)17(27)14(24)10(7)20)29-30-6(4-2)8-11(21)15(25)18(28)16(26)12(8)22/h5-6H,3-4H2,1-2H3. The van der Waals surface area contributed by atoms with Crippen molar-refractivity contribution in [1.29, 1.82) is 0 Å². The van der Waals surface area contributed by atoms with Crippen LogP contribution in [0.2, 0.25) is 0 Å². The van der Waals surface area contributed by atoms with Crippen LogP contribution >= 0.6 is 21.6 Å². The van der Waals surface area contributed by atoms with Crippen LogP contribution in [0.5, 0.6) is 0 Å². The van der Waals surface area contributed by atoms with E-state index >= 15 is 0 Å². The molecule has 166 valence electrons. The summed E-state index contributed by atoms with van der Waals surface area (Å²) in [6.07, 6.45) is -0.326. The Hall–Kier alpha value is -1.56. The Morgan fingerprint density at radius 2 is 0.633 bits per heavy atom. The Kier molecular flexibility index (Phi) is 8.00. The fourth-order valence-electron chi connectivity index (χ4n) is 2.58. The van der Waals surface area contributed by atoms with Gasteiger partial charge in [-0.1, -0.05) is 35.4 Å². The maximum atomic E-state index is 14.0. The van der Waals surface area contributed by atoms with Crippen molar-refractivity contribution in [3.05, 3.63) is 69.3 Å². The van der Waals surface area contributed by atoms with Gasteiger partial charge < -0.3 is 0 Å². The van der Waals surface area contributed by atoms with Crippen LogP contribution in [0.25, 0.3) is 0 Å². The van der Waals surface area contributed by atoms with Gasteiger partial charge >= 0.3 is 0 Å². The lowest BCUT2D eigenvalue weighted by atomic mass is 10.1. The molecule has 0 spiro atoms. The molecule has 0 aromatic heterocycles. The molecule has 0 heterocycles. The van der Waals surface area contributed by atoms with Crippen LogP contribution in [0.4, 0.5) is 43.9 Å². The summed E-state index contributed by atoms with van der Waals surface area (Å²) in [4.78, 5) is 0. The molecule has 0 fully saturated rings. The van der Waals surface area contributed by atoms with Crippen molar-refractivity contribution in [3.63, 3.8) is 0 Å². The summed E-state index contributed by atoms with van der Waals surface area (Å²) in [6, 6.07) is 0. The fraction of sp³-hybridized carbons (Fsp3) is 0.333. The van der Waals surface area contributed by atoms with E-state index < -0.39 is 79.8 Å². The van der Waals surface area contributed by atoms with Crippen molar-refractivity contribution >= 4 is 21.6 Å². The molecule has 0 amide bonds. The molecule has 2 aromatic carbocycles. The number of rotatable bonds is 7. The molecule has 2 atom stereocenters. The highest BCUT2D eigenvalue weighted by Crippen LogP contribution is 2.51. The second kappa shape index (κ2) is 9.71. The molecule has 0 aliphatic rings. The summed E-state index contributed by atoms with van der Waals surface area (Å²) in [6.45, 7) is 2.71. The molecule has 0 saturated heterocycles. The predicted octanol–water partition coefficient (Wildman–Crippen LogP) is 8.06. The predicted molar refractivity (Wildman–Crippen MR) is 93.7 cm³/mol. The molecule has 2 rings (SSSR count). The van der Waals surface area contributed by atoms with E-state index in [1.165, 1.54) is 13.8 Å². The van der Waals surface area contributed by atoms with Gasteiger partial charge in [-0.2, -0.15) is 0 Å². The number of hydrogen-bond acceptors (Lipinski definition) is 2. The van der Waals surface area contributed by atoms with Crippen LogP contribution < -0.4 is 0 Å². The topological polar surface area (TPSA) is 0 Å². The first-order valence-electron chi connectivity index (χ1n) is 8.34. The van der Waals surface area contributed by atoms with Gasteiger partial charge in [0.25, 0.3) is 0 Å². The molecular weight excluding hydrogens is 470 g/mol. The second-order valence-corrected chi connectivity index (χ2v) is 8.63. The number of halogens is 10. The highest BCUT2D eigenvalue weighted by Gasteiger charge is 2.33. The van der Waals surface area contributed by atoms with Gasteiger partial charge in [0.1, 0.15) is 0 Å². The van der Waals surface area contributed by atoms with E-state index in [0.717, 1.165) is 0 Å². The van der Waals surface area contributed by atoms with Crippen molar-refractivity contribution in [1.82, 2.24) is 0 Å². The van der Waals surface area contributed by atoms with Gasteiger partial charge in [-0.25, -0.2) is 43.9 Å². The second-order valence-electron chi connectivity index (χ2n) is 5.95. The van der Waals surface area contributed by atoms with Gasteiger partial charge in [-0.3, -0.25) is 0 Å². The van der Waals surface area contributed by atoms with Crippen LogP contribution in [0.15, 0.2) is 0 Å². The van der Waals surface area contributed by atoms with E-state index in [-0.39, 0.29) is 12.8 Å². The Labute approximate surface area is 172 Å². The molecule has 2 aromatic rings.